The lowest BCUT2D eigenvalue weighted by Crippen LogP contribution is -2.36. The van der Waals surface area contributed by atoms with Crippen LogP contribution < -0.4 is 15.5 Å². The van der Waals surface area contributed by atoms with E-state index in [-0.39, 0.29) is 12.1 Å². The van der Waals surface area contributed by atoms with Gasteiger partial charge in [-0.3, -0.25) is 0 Å². The number of hydrogen-bond acceptors (Lipinski definition) is 4. The summed E-state index contributed by atoms with van der Waals surface area (Å²) in [4.78, 5) is 19.3. The van der Waals surface area contributed by atoms with E-state index >= 15 is 0 Å². The van der Waals surface area contributed by atoms with Gasteiger partial charge in [0, 0.05) is 37.3 Å². The number of aromatic nitrogens is 1. The van der Waals surface area contributed by atoms with E-state index in [1.54, 1.807) is 17.5 Å². The molecule has 5 nitrogen and oxygen atoms in total. The van der Waals surface area contributed by atoms with Crippen molar-refractivity contribution in [3.8, 4) is 0 Å². The van der Waals surface area contributed by atoms with Crippen LogP contribution in [0.2, 0.25) is 0 Å². The summed E-state index contributed by atoms with van der Waals surface area (Å²) in [6.07, 6.45) is 1.75. The second-order valence-electron chi connectivity index (χ2n) is 4.94. The van der Waals surface area contributed by atoms with Gasteiger partial charge in [0.1, 0.15) is 5.82 Å². The van der Waals surface area contributed by atoms with Gasteiger partial charge in [-0.2, -0.15) is 0 Å². The van der Waals surface area contributed by atoms with Gasteiger partial charge in [0.15, 0.2) is 0 Å². The molecule has 0 bridgehead atoms. The van der Waals surface area contributed by atoms with Crippen LogP contribution in [-0.4, -0.2) is 25.1 Å². The number of rotatable bonds is 5. The Morgan fingerprint density at radius 3 is 2.86 bits per heavy atom. The van der Waals surface area contributed by atoms with E-state index in [2.05, 4.69) is 15.6 Å². The number of urea groups is 1. The van der Waals surface area contributed by atoms with E-state index in [1.807, 2.05) is 55.6 Å². The van der Waals surface area contributed by atoms with Gasteiger partial charge in [0.05, 0.1) is 6.04 Å². The number of thiophene rings is 1. The molecule has 0 spiro atoms. The number of anilines is 1. The average molecular weight is 304 g/mol. The molecule has 2 N–H and O–H groups in total. The predicted molar refractivity (Wildman–Crippen MR) is 86.7 cm³/mol. The van der Waals surface area contributed by atoms with Crippen molar-refractivity contribution < 1.29 is 4.79 Å². The minimum atomic E-state index is -0.176. The molecule has 21 heavy (non-hydrogen) atoms. The Morgan fingerprint density at radius 2 is 2.19 bits per heavy atom. The van der Waals surface area contributed by atoms with Gasteiger partial charge < -0.3 is 15.5 Å². The molecule has 6 heteroatoms. The Labute approximate surface area is 129 Å². The highest BCUT2D eigenvalue weighted by Gasteiger charge is 2.11. The lowest BCUT2D eigenvalue weighted by atomic mass is 10.2. The lowest BCUT2D eigenvalue weighted by molar-refractivity contribution is 0.237. The fourth-order valence-corrected chi connectivity index (χ4v) is 2.74. The molecule has 0 unspecified atom stereocenters. The topological polar surface area (TPSA) is 57.3 Å². The summed E-state index contributed by atoms with van der Waals surface area (Å²) in [5, 5.41) is 7.81. The maximum absolute atomic E-state index is 12.0. The quantitative estimate of drug-likeness (QED) is 0.893. The Bertz CT molecular complexity index is 583. The van der Waals surface area contributed by atoms with Crippen molar-refractivity contribution in [3.05, 3.63) is 46.3 Å². The van der Waals surface area contributed by atoms with Gasteiger partial charge in [-0.25, -0.2) is 9.78 Å². The van der Waals surface area contributed by atoms with Crippen molar-refractivity contribution in [2.24, 2.45) is 0 Å². The van der Waals surface area contributed by atoms with E-state index in [9.17, 15) is 4.79 Å². The Kier molecular flexibility index (Phi) is 5.16. The van der Waals surface area contributed by atoms with E-state index in [0.717, 1.165) is 16.3 Å². The van der Waals surface area contributed by atoms with Crippen LogP contribution >= 0.6 is 11.3 Å². The molecule has 112 valence electrons. The lowest BCUT2D eigenvalue weighted by Gasteiger charge is -2.17. The Hall–Kier alpha value is -2.08. The molecule has 2 heterocycles. The SMILES string of the molecule is C[C@@H](NC(=O)NCc1cccnc1N(C)C)c1cccs1. The van der Waals surface area contributed by atoms with Crippen LogP contribution in [0.3, 0.4) is 0 Å². The zero-order valence-corrected chi connectivity index (χ0v) is 13.3. The monoisotopic (exact) mass is 304 g/mol. The number of nitrogens with zero attached hydrogens (tertiary/aromatic N) is 2. The van der Waals surface area contributed by atoms with Gasteiger partial charge in [-0.1, -0.05) is 12.1 Å². The van der Waals surface area contributed by atoms with Gasteiger partial charge in [0.2, 0.25) is 0 Å². The molecule has 0 aliphatic heterocycles. The summed E-state index contributed by atoms with van der Waals surface area (Å²) in [5.41, 5.74) is 0.987. The molecule has 2 aromatic heterocycles. The summed E-state index contributed by atoms with van der Waals surface area (Å²) in [6, 6.07) is 7.66. The number of carbonyl (C=O) groups excluding carboxylic acids is 1. The van der Waals surface area contributed by atoms with Crippen LogP contribution in [0, 0.1) is 0 Å². The third-order valence-electron chi connectivity index (χ3n) is 3.05. The molecule has 0 fully saturated rings. The van der Waals surface area contributed by atoms with E-state index < -0.39 is 0 Å². The van der Waals surface area contributed by atoms with Crippen molar-refractivity contribution in [1.82, 2.24) is 15.6 Å². The number of carbonyl (C=O) groups is 1. The zero-order chi connectivity index (χ0) is 15.2. The summed E-state index contributed by atoms with van der Waals surface area (Å²) < 4.78 is 0. The standard InChI is InChI=1S/C15H20N4OS/c1-11(13-7-5-9-21-13)18-15(20)17-10-12-6-4-8-16-14(12)19(2)3/h4-9,11H,10H2,1-3H3,(H2,17,18,20)/t11-/m1/s1. The summed E-state index contributed by atoms with van der Waals surface area (Å²) in [5.74, 6) is 0.865. The van der Waals surface area contributed by atoms with Crippen LogP contribution in [0.4, 0.5) is 10.6 Å². The molecule has 0 saturated carbocycles. The second-order valence-corrected chi connectivity index (χ2v) is 5.92. The zero-order valence-electron chi connectivity index (χ0n) is 12.5. The van der Waals surface area contributed by atoms with Crippen LogP contribution in [0.15, 0.2) is 35.8 Å². The molecular weight excluding hydrogens is 284 g/mol. The van der Waals surface area contributed by atoms with Crippen molar-refractivity contribution >= 4 is 23.2 Å². The highest BCUT2D eigenvalue weighted by molar-refractivity contribution is 7.10. The van der Waals surface area contributed by atoms with Crippen LogP contribution in [0.5, 0.6) is 0 Å². The first-order chi connectivity index (χ1) is 10.1. The highest BCUT2D eigenvalue weighted by atomic mass is 32.1. The molecule has 0 saturated heterocycles. The fourth-order valence-electron chi connectivity index (χ4n) is 2.00. The number of pyridine rings is 1. The van der Waals surface area contributed by atoms with E-state index in [1.165, 1.54) is 0 Å². The number of nitrogens with one attached hydrogen (secondary N) is 2. The molecule has 2 rings (SSSR count). The first-order valence-electron chi connectivity index (χ1n) is 6.77. The van der Waals surface area contributed by atoms with E-state index in [0.29, 0.717) is 6.54 Å². The van der Waals surface area contributed by atoms with Gasteiger partial charge in [0.25, 0.3) is 0 Å². The third kappa shape index (κ3) is 4.19. The largest absolute Gasteiger partial charge is 0.362 e. The first kappa shape index (κ1) is 15.3. The van der Waals surface area contributed by atoms with Gasteiger partial charge in [-0.05, 0) is 24.4 Å². The van der Waals surface area contributed by atoms with Crippen molar-refractivity contribution in [1.29, 1.82) is 0 Å². The molecule has 2 amide bonds. The van der Waals surface area contributed by atoms with Crippen LogP contribution in [-0.2, 0) is 6.54 Å². The highest BCUT2D eigenvalue weighted by Crippen LogP contribution is 2.18. The number of hydrogen-bond donors (Lipinski definition) is 2. The minimum Gasteiger partial charge on any atom is -0.362 e. The smallest absolute Gasteiger partial charge is 0.315 e. The molecule has 0 aliphatic carbocycles. The first-order valence-corrected chi connectivity index (χ1v) is 7.65. The Balaban J connectivity index is 1.90. The van der Waals surface area contributed by atoms with Gasteiger partial charge >= 0.3 is 6.03 Å². The van der Waals surface area contributed by atoms with Crippen molar-refractivity contribution in [3.63, 3.8) is 0 Å². The molecule has 2 aromatic rings. The summed E-state index contributed by atoms with van der Waals surface area (Å²) in [7, 11) is 3.87. The normalized spacial score (nSPS) is 11.8. The van der Waals surface area contributed by atoms with Gasteiger partial charge in [-0.15, -0.1) is 11.3 Å². The van der Waals surface area contributed by atoms with Crippen molar-refractivity contribution in [2.75, 3.05) is 19.0 Å². The predicted octanol–water partition coefficient (Wildman–Crippen LogP) is 2.77. The molecule has 1 atom stereocenters. The Morgan fingerprint density at radius 1 is 1.38 bits per heavy atom. The summed E-state index contributed by atoms with van der Waals surface area (Å²) in [6.45, 7) is 2.42. The molecule has 0 aromatic carbocycles. The molecule has 0 radical (unpaired) electrons. The maximum atomic E-state index is 12.0. The minimum absolute atomic E-state index is 0.00668. The average Bonchev–Trinajstić information content (AvgIpc) is 2.99. The maximum Gasteiger partial charge on any atom is 0.315 e. The van der Waals surface area contributed by atoms with E-state index in [4.69, 9.17) is 0 Å². The third-order valence-corrected chi connectivity index (χ3v) is 4.10. The van der Waals surface area contributed by atoms with Crippen molar-refractivity contribution in [2.45, 2.75) is 19.5 Å². The molecular formula is C15H20N4OS. The fraction of sp³-hybridized carbons (Fsp3) is 0.333. The van der Waals surface area contributed by atoms with Crippen LogP contribution in [0.25, 0.3) is 0 Å². The van der Waals surface area contributed by atoms with Crippen LogP contribution in [0.1, 0.15) is 23.4 Å². The number of amides is 2. The summed E-state index contributed by atoms with van der Waals surface area (Å²) >= 11 is 1.63. The second kappa shape index (κ2) is 7.08. The molecule has 0 aliphatic rings.